The van der Waals surface area contributed by atoms with E-state index in [0.29, 0.717) is 19.4 Å². The number of primary amides is 1. The van der Waals surface area contributed by atoms with Crippen LogP contribution in [0.15, 0.2) is 0 Å². The number of hydrogen-bond acceptors (Lipinski definition) is 3. The van der Waals surface area contributed by atoms with E-state index in [9.17, 15) is 19.5 Å². The Morgan fingerprint density at radius 3 is 2.29 bits per heavy atom. The predicted molar refractivity (Wildman–Crippen MR) is 77.5 cm³/mol. The molecular formula is C14H25N3O4. The van der Waals surface area contributed by atoms with Crippen molar-refractivity contribution in [3.63, 3.8) is 0 Å². The van der Waals surface area contributed by atoms with E-state index in [1.807, 2.05) is 0 Å². The van der Waals surface area contributed by atoms with Gasteiger partial charge in [-0.3, -0.25) is 9.59 Å². The lowest BCUT2D eigenvalue weighted by Gasteiger charge is -2.41. The molecule has 0 aromatic heterocycles. The van der Waals surface area contributed by atoms with E-state index < -0.39 is 22.8 Å². The molecule has 0 aromatic carbocycles. The molecule has 1 aliphatic heterocycles. The van der Waals surface area contributed by atoms with Gasteiger partial charge in [0.1, 0.15) is 0 Å². The molecule has 1 aliphatic rings. The fraction of sp³-hybridized carbons (Fsp3) is 0.786. The van der Waals surface area contributed by atoms with Crippen molar-refractivity contribution >= 4 is 17.9 Å². The summed E-state index contributed by atoms with van der Waals surface area (Å²) in [5, 5.41) is 12.0. The van der Waals surface area contributed by atoms with E-state index in [1.54, 1.807) is 27.7 Å². The van der Waals surface area contributed by atoms with Crippen LogP contribution in [0, 0.1) is 11.3 Å². The van der Waals surface area contributed by atoms with Gasteiger partial charge in [-0.05, 0) is 40.5 Å². The van der Waals surface area contributed by atoms with Crippen molar-refractivity contribution in [2.45, 2.75) is 46.1 Å². The molecule has 1 fully saturated rings. The minimum Gasteiger partial charge on any atom is -0.481 e. The van der Waals surface area contributed by atoms with Crippen molar-refractivity contribution in [2.24, 2.45) is 17.1 Å². The first-order valence-corrected chi connectivity index (χ1v) is 7.09. The summed E-state index contributed by atoms with van der Waals surface area (Å²) in [6.45, 7) is 7.31. The molecule has 0 aromatic rings. The Hall–Kier alpha value is -1.79. The minimum atomic E-state index is -1.12. The first-order valence-electron chi connectivity index (χ1n) is 7.09. The number of aliphatic carboxylic acids is 1. The number of urea groups is 1. The van der Waals surface area contributed by atoms with Crippen LogP contribution in [0.25, 0.3) is 0 Å². The number of nitrogens with one attached hydrogen (secondary N) is 1. The van der Waals surface area contributed by atoms with Gasteiger partial charge >= 0.3 is 12.0 Å². The Balaban J connectivity index is 2.76. The lowest BCUT2D eigenvalue weighted by molar-refractivity contribution is -0.150. The topological polar surface area (TPSA) is 113 Å². The van der Waals surface area contributed by atoms with Crippen LogP contribution in [0.1, 0.15) is 40.5 Å². The van der Waals surface area contributed by atoms with Gasteiger partial charge in [-0.25, -0.2) is 4.79 Å². The van der Waals surface area contributed by atoms with Gasteiger partial charge in [0.15, 0.2) is 0 Å². The lowest BCUT2D eigenvalue weighted by Crippen LogP contribution is -2.60. The quantitative estimate of drug-likeness (QED) is 0.712. The molecule has 7 heteroatoms. The standard InChI is InChI=1S/C14H25N3O4/c1-13(2,11(19)20)14(3,4)16-12(21)17-7-5-6-9(8-17)10(15)18/h9H,5-8H2,1-4H3,(H2,15,18)(H,16,21)(H,19,20). The Morgan fingerprint density at radius 1 is 1.24 bits per heavy atom. The summed E-state index contributed by atoms with van der Waals surface area (Å²) >= 11 is 0. The highest BCUT2D eigenvalue weighted by molar-refractivity contribution is 5.81. The third-order valence-electron chi connectivity index (χ3n) is 4.63. The number of hydrogen-bond donors (Lipinski definition) is 3. The number of carboxylic acids is 1. The molecule has 120 valence electrons. The molecule has 0 saturated carbocycles. The monoisotopic (exact) mass is 299 g/mol. The highest BCUT2D eigenvalue weighted by atomic mass is 16.4. The van der Waals surface area contributed by atoms with Gasteiger partial charge in [0.25, 0.3) is 0 Å². The molecule has 0 radical (unpaired) electrons. The molecule has 1 saturated heterocycles. The maximum Gasteiger partial charge on any atom is 0.317 e. The zero-order valence-electron chi connectivity index (χ0n) is 13.1. The van der Waals surface area contributed by atoms with E-state index in [-0.39, 0.29) is 18.5 Å². The van der Waals surface area contributed by atoms with Crippen LogP contribution >= 0.6 is 0 Å². The van der Waals surface area contributed by atoms with Crippen LogP contribution in [-0.2, 0) is 9.59 Å². The van der Waals surface area contributed by atoms with Crippen LogP contribution in [0.5, 0.6) is 0 Å². The molecule has 0 bridgehead atoms. The van der Waals surface area contributed by atoms with E-state index in [1.165, 1.54) is 4.90 Å². The van der Waals surface area contributed by atoms with Gasteiger partial charge in [-0.2, -0.15) is 0 Å². The summed E-state index contributed by atoms with van der Waals surface area (Å²) in [5.74, 6) is -1.72. The fourth-order valence-electron chi connectivity index (χ4n) is 2.16. The SMILES string of the molecule is CC(C)(NC(=O)N1CCCC(C(N)=O)C1)C(C)(C)C(=O)O. The van der Waals surface area contributed by atoms with Gasteiger partial charge < -0.3 is 21.1 Å². The largest absolute Gasteiger partial charge is 0.481 e. The molecule has 3 amide bonds. The fourth-order valence-corrected chi connectivity index (χ4v) is 2.16. The molecule has 1 atom stereocenters. The van der Waals surface area contributed by atoms with Crippen LogP contribution in [0.2, 0.25) is 0 Å². The van der Waals surface area contributed by atoms with Crippen molar-refractivity contribution in [2.75, 3.05) is 13.1 Å². The van der Waals surface area contributed by atoms with E-state index in [0.717, 1.165) is 0 Å². The summed E-state index contributed by atoms with van der Waals surface area (Å²) in [4.78, 5) is 36.4. The van der Waals surface area contributed by atoms with Crippen molar-refractivity contribution in [1.29, 1.82) is 0 Å². The second kappa shape index (κ2) is 5.91. The zero-order chi connectivity index (χ0) is 16.4. The summed E-state index contributed by atoms with van der Waals surface area (Å²) in [7, 11) is 0. The molecule has 1 rings (SSSR count). The molecule has 1 heterocycles. The second-order valence-corrected chi connectivity index (χ2v) is 6.67. The van der Waals surface area contributed by atoms with Crippen molar-refractivity contribution in [3.05, 3.63) is 0 Å². The maximum atomic E-state index is 12.3. The number of carbonyl (C=O) groups excluding carboxylic acids is 2. The third-order valence-corrected chi connectivity index (χ3v) is 4.63. The number of amides is 3. The predicted octanol–water partition coefficient (Wildman–Crippen LogP) is 0.783. The molecule has 7 nitrogen and oxygen atoms in total. The smallest absolute Gasteiger partial charge is 0.317 e. The first-order chi connectivity index (χ1) is 9.49. The molecule has 4 N–H and O–H groups in total. The molecule has 0 spiro atoms. The number of nitrogens with zero attached hydrogens (tertiary/aromatic N) is 1. The van der Waals surface area contributed by atoms with E-state index in [2.05, 4.69) is 5.32 Å². The van der Waals surface area contributed by atoms with Gasteiger partial charge in [0, 0.05) is 13.1 Å². The number of nitrogens with two attached hydrogens (primary N) is 1. The number of likely N-dealkylation sites (tertiary alicyclic amines) is 1. The first kappa shape index (κ1) is 17.3. The van der Waals surface area contributed by atoms with Gasteiger partial charge in [-0.1, -0.05) is 0 Å². The van der Waals surface area contributed by atoms with Gasteiger partial charge in [0.2, 0.25) is 5.91 Å². The lowest BCUT2D eigenvalue weighted by atomic mass is 9.74. The average Bonchev–Trinajstić information content (AvgIpc) is 2.37. The Kier molecular flexibility index (Phi) is 4.86. The minimum absolute atomic E-state index is 0.282. The molecule has 0 aliphatic carbocycles. The van der Waals surface area contributed by atoms with E-state index in [4.69, 9.17) is 5.73 Å². The van der Waals surface area contributed by atoms with Crippen molar-refractivity contribution in [1.82, 2.24) is 10.2 Å². The normalized spacial score (nSPS) is 20.0. The van der Waals surface area contributed by atoms with Crippen LogP contribution in [0.3, 0.4) is 0 Å². The van der Waals surface area contributed by atoms with Gasteiger partial charge in [0.05, 0.1) is 16.9 Å². The third kappa shape index (κ3) is 3.65. The van der Waals surface area contributed by atoms with Crippen LogP contribution < -0.4 is 11.1 Å². The molecule has 21 heavy (non-hydrogen) atoms. The van der Waals surface area contributed by atoms with Crippen LogP contribution in [0.4, 0.5) is 4.79 Å². The summed E-state index contributed by atoms with van der Waals surface area (Å²) in [6.07, 6.45) is 1.40. The second-order valence-electron chi connectivity index (χ2n) is 6.67. The van der Waals surface area contributed by atoms with Crippen LogP contribution in [-0.4, -0.2) is 46.5 Å². The molecular weight excluding hydrogens is 274 g/mol. The summed E-state index contributed by atoms with van der Waals surface area (Å²) < 4.78 is 0. The number of carboxylic acid groups (broad SMARTS) is 1. The highest BCUT2D eigenvalue weighted by Gasteiger charge is 2.45. The highest BCUT2D eigenvalue weighted by Crippen LogP contribution is 2.31. The Bertz CT molecular complexity index is 446. The Labute approximate surface area is 124 Å². The Morgan fingerprint density at radius 2 is 1.81 bits per heavy atom. The number of carbonyl (C=O) groups is 3. The van der Waals surface area contributed by atoms with E-state index >= 15 is 0 Å². The van der Waals surface area contributed by atoms with Crippen molar-refractivity contribution < 1.29 is 19.5 Å². The van der Waals surface area contributed by atoms with Gasteiger partial charge in [-0.15, -0.1) is 0 Å². The van der Waals surface area contributed by atoms with Crippen molar-refractivity contribution in [3.8, 4) is 0 Å². The molecule has 1 unspecified atom stereocenters. The maximum absolute atomic E-state index is 12.3. The number of piperidine rings is 1. The number of rotatable bonds is 4. The average molecular weight is 299 g/mol. The summed E-state index contributed by atoms with van der Waals surface area (Å²) in [6, 6.07) is -0.361. The summed E-state index contributed by atoms with van der Waals surface area (Å²) in [5.41, 5.74) is 3.23. The zero-order valence-corrected chi connectivity index (χ0v) is 13.1.